The molecule has 0 aromatic heterocycles. The van der Waals surface area contributed by atoms with Gasteiger partial charge in [-0.05, 0) is 24.3 Å². The molecule has 4 nitrogen and oxygen atoms in total. The van der Waals surface area contributed by atoms with E-state index in [2.05, 4.69) is 4.36 Å². The molecule has 0 aliphatic carbocycles. The number of benzene rings is 2. The van der Waals surface area contributed by atoms with E-state index in [4.69, 9.17) is 10.8 Å². The van der Waals surface area contributed by atoms with E-state index in [1.807, 2.05) is 0 Å². The molecule has 0 amide bonds. The number of nitrogens with two attached hydrogens (primary N) is 1. The number of hydrogen-bond acceptors (Lipinski definition) is 4. The van der Waals surface area contributed by atoms with Gasteiger partial charge in [0.05, 0.1) is 20.3 Å². The van der Waals surface area contributed by atoms with Crippen molar-refractivity contribution in [2.45, 2.75) is 4.90 Å². The Morgan fingerprint density at radius 2 is 1.91 bits per heavy atom. The summed E-state index contributed by atoms with van der Waals surface area (Å²) in [6, 6.07) is 9.25. The van der Waals surface area contributed by atoms with Crippen LogP contribution < -0.4 is 5.73 Å². The largest absolute Gasteiger partial charge is 0.513 e. The maximum absolute atomic E-state index is 14.0. The molecule has 0 radical (unpaired) electrons. The maximum Gasteiger partial charge on any atom is 0.150 e. The van der Waals surface area contributed by atoms with E-state index in [0.29, 0.717) is 6.26 Å². The van der Waals surface area contributed by atoms with E-state index < -0.39 is 21.4 Å². The van der Waals surface area contributed by atoms with Gasteiger partial charge in [-0.1, -0.05) is 18.2 Å². The Hall–Kier alpha value is -2.41. The predicted molar refractivity (Wildman–Crippen MR) is 82.0 cm³/mol. The molecule has 0 saturated heterocycles. The van der Waals surface area contributed by atoms with Crippen molar-refractivity contribution in [2.24, 2.45) is 10.1 Å². The van der Waals surface area contributed by atoms with Crippen molar-refractivity contribution in [3.63, 3.8) is 0 Å². The Bertz CT molecular complexity index is 856. The Morgan fingerprint density at radius 3 is 2.50 bits per heavy atom. The smallest absolute Gasteiger partial charge is 0.150 e. The maximum atomic E-state index is 14.0. The van der Waals surface area contributed by atoms with E-state index in [0.717, 1.165) is 6.07 Å². The first-order chi connectivity index (χ1) is 10.3. The van der Waals surface area contributed by atoms with Crippen LogP contribution in [0.2, 0.25) is 0 Å². The highest BCUT2D eigenvalue weighted by atomic mass is 32.2. The van der Waals surface area contributed by atoms with Crippen LogP contribution in [0.25, 0.3) is 5.70 Å². The van der Waals surface area contributed by atoms with Gasteiger partial charge in [0.2, 0.25) is 0 Å². The highest BCUT2D eigenvalue weighted by Gasteiger charge is 2.13. The molecular weight excluding hydrogens is 310 g/mol. The van der Waals surface area contributed by atoms with E-state index in [9.17, 15) is 13.0 Å². The minimum Gasteiger partial charge on any atom is -0.513 e. The van der Waals surface area contributed by atoms with E-state index in [1.54, 1.807) is 0 Å². The summed E-state index contributed by atoms with van der Waals surface area (Å²) in [5.74, 6) is -1.43. The molecular formula is C15H14F2N2O2S. The van der Waals surface area contributed by atoms with Gasteiger partial charge in [0.15, 0.2) is 0 Å². The minimum absolute atomic E-state index is 0.0169. The lowest BCUT2D eigenvalue weighted by Crippen LogP contribution is -2.01. The number of nitrogens with zero attached hydrogens (tertiary/aromatic N) is 1. The Morgan fingerprint density at radius 1 is 1.23 bits per heavy atom. The van der Waals surface area contributed by atoms with Crippen molar-refractivity contribution in [1.29, 1.82) is 0 Å². The third-order valence-corrected chi connectivity index (χ3v) is 4.63. The fourth-order valence-corrected chi connectivity index (χ4v) is 3.21. The average Bonchev–Trinajstić information content (AvgIpc) is 2.48. The number of halogens is 2. The summed E-state index contributed by atoms with van der Waals surface area (Å²) >= 11 is 0. The highest BCUT2D eigenvalue weighted by Crippen LogP contribution is 2.25. The van der Waals surface area contributed by atoms with Crippen LogP contribution in [-0.2, 0) is 9.73 Å². The third-order valence-electron chi connectivity index (χ3n) is 2.94. The van der Waals surface area contributed by atoms with Gasteiger partial charge in [0.1, 0.15) is 23.6 Å². The molecule has 0 aliphatic rings. The molecule has 3 N–H and O–H groups in total. The lowest BCUT2D eigenvalue weighted by atomic mass is 10.1. The predicted octanol–water partition coefficient (Wildman–Crippen LogP) is 3.57. The topological polar surface area (TPSA) is 75.7 Å². The molecule has 2 aromatic carbocycles. The van der Waals surface area contributed by atoms with Crippen molar-refractivity contribution in [1.82, 2.24) is 0 Å². The molecule has 0 aliphatic heterocycles. The summed E-state index contributed by atoms with van der Waals surface area (Å²) < 4.78 is 44.1. The molecule has 1 unspecified atom stereocenters. The molecule has 116 valence electrons. The SMILES string of the molecule is CS(=O)(=Nc1ccc(/C(N)=C/O)cc1F)c1ccccc1F. The zero-order valence-corrected chi connectivity index (χ0v) is 12.5. The number of rotatable bonds is 3. The van der Waals surface area contributed by atoms with Crippen molar-refractivity contribution in [3.8, 4) is 0 Å². The van der Waals surface area contributed by atoms with Gasteiger partial charge < -0.3 is 10.8 Å². The standard InChI is InChI=1S/C15H14F2N2O2S/c1-22(21,15-5-3-2-4-11(15)16)19-14-7-6-10(8-12(14)17)13(18)9-20/h2-9,20H,18H2,1H3/b13-9-. The Balaban J connectivity index is 2.53. The highest BCUT2D eigenvalue weighted by molar-refractivity contribution is 7.93. The van der Waals surface area contributed by atoms with Gasteiger partial charge in [-0.25, -0.2) is 13.0 Å². The summed E-state index contributed by atoms with van der Waals surface area (Å²) in [6.07, 6.45) is 1.88. The summed E-state index contributed by atoms with van der Waals surface area (Å²) in [5.41, 5.74) is 5.52. The van der Waals surface area contributed by atoms with Crippen LogP contribution in [-0.4, -0.2) is 15.6 Å². The van der Waals surface area contributed by atoms with Crippen LogP contribution >= 0.6 is 0 Å². The van der Waals surface area contributed by atoms with Crippen molar-refractivity contribution >= 4 is 21.1 Å². The monoisotopic (exact) mass is 324 g/mol. The molecule has 2 aromatic rings. The first kappa shape index (κ1) is 16.0. The van der Waals surface area contributed by atoms with E-state index in [-0.39, 0.29) is 21.8 Å². The number of aliphatic hydroxyl groups excluding tert-OH is 1. The van der Waals surface area contributed by atoms with Gasteiger partial charge in [0, 0.05) is 11.8 Å². The van der Waals surface area contributed by atoms with Gasteiger partial charge in [-0.2, -0.15) is 4.36 Å². The fraction of sp³-hybridized carbons (Fsp3) is 0.0667. The normalized spacial score (nSPS) is 14.4. The van der Waals surface area contributed by atoms with Crippen molar-refractivity contribution in [3.05, 3.63) is 65.9 Å². The first-order valence-electron chi connectivity index (χ1n) is 6.21. The van der Waals surface area contributed by atoms with Crippen molar-refractivity contribution in [2.75, 3.05) is 6.26 Å². The van der Waals surface area contributed by atoms with E-state index >= 15 is 0 Å². The van der Waals surface area contributed by atoms with Crippen LogP contribution in [0.3, 0.4) is 0 Å². The molecule has 0 heterocycles. The van der Waals surface area contributed by atoms with Crippen LogP contribution in [0.1, 0.15) is 5.56 Å². The van der Waals surface area contributed by atoms with Crippen LogP contribution in [0, 0.1) is 11.6 Å². The summed E-state index contributed by atoms with van der Waals surface area (Å²) in [7, 11) is -3.14. The van der Waals surface area contributed by atoms with E-state index in [1.165, 1.54) is 42.7 Å². The average molecular weight is 324 g/mol. The Kier molecular flexibility index (Phi) is 4.46. The summed E-state index contributed by atoms with van der Waals surface area (Å²) in [6.45, 7) is 0. The van der Waals surface area contributed by atoms with Crippen LogP contribution in [0.5, 0.6) is 0 Å². The molecule has 0 bridgehead atoms. The minimum atomic E-state index is -3.14. The molecule has 0 spiro atoms. The summed E-state index contributed by atoms with van der Waals surface area (Å²) in [5, 5.41) is 8.79. The Labute approximate surface area is 127 Å². The number of aliphatic hydroxyl groups is 1. The van der Waals surface area contributed by atoms with Crippen molar-refractivity contribution < 1.29 is 18.1 Å². The molecule has 2 rings (SSSR count). The second-order valence-corrected chi connectivity index (χ2v) is 6.80. The molecule has 7 heteroatoms. The fourth-order valence-electron chi connectivity index (χ4n) is 1.82. The van der Waals surface area contributed by atoms with Gasteiger partial charge >= 0.3 is 0 Å². The zero-order valence-electron chi connectivity index (χ0n) is 11.7. The van der Waals surface area contributed by atoms with Crippen LogP contribution in [0.4, 0.5) is 14.5 Å². The molecule has 0 fully saturated rings. The molecule has 1 atom stereocenters. The van der Waals surface area contributed by atoms with Gasteiger partial charge in [-0.3, -0.25) is 0 Å². The van der Waals surface area contributed by atoms with Gasteiger partial charge in [0.25, 0.3) is 0 Å². The van der Waals surface area contributed by atoms with Gasteiger partial charge in [-0.15, -0.1) is 0 Å². The third kappa shape index (κ3) is 3.25. The number of hydrogen-bond donors (Lipinski definition) is 2. The lowest BCUT2D eigenvalue weighted by molar-refractivity contribution is 0.475. The van der Waals surface area contributed by atoms with Crippen LogP contribution in [0.15, 0.2) is 58.0 Å². The quantitative estimate of drug-likeness (QED) is 0.848. The first-order valence-corrected chi connectivity index (χ1v) is 8.14. The second kappa shape index (κ2) is 6.15. The zero-order chi connectivity index (χ0) is 16.3. The molecule has 0 saturated carbocycles. The lowest BCUT2D eigenvalue weighted by Gasteiger charge is -2.07. The second-order valence-electron chi connectivity index (χ2n) is 4.57. The summed E-state index contributed by atoms with van der Waals surface area (Å²) in [4.78, 5) is -0.0896. The molecule has 22 heavy (non-hydrogen) atoms.